The number of benzene rings is 1. The zero-order chi connectivity index (χ0) is 19.1. The molecule has 0 fully saturated rings. The van der Waals surface area contributed by atoms with E-state index < -0.39 is 11.9 Å². The maximum atomic E-state index is 12.5. The minimum Gasteiger partial charge on any atom is -0.370 e. The van der Waals surface area contributed by atoms with Crippen molar-refractivity contribution in [1.29, 1.82) is 0 Å². The van der Waals surface area contributed by atoms with E-state index in [4.69, 9.17) is 5.73 Å². The second kappa shape index (κ2) is 9.00. The van der Waals surface area contributed by atoms with Gasteiger partial charge in [0, 0.05) is 23.9 Å². The van der Waals surface area contributed by atoms with E-state index in [1.165, 1.54) is 0 Å². The number of H-pyrrole nitrogens is 1. The number of hydrazine groups is 1. The van der Waals surface area contributed by atoms with Crippen LogP contribution in [0.1, 0.15) is 37.2 Å². The zero-order valence-electron chi connectivity index (χ0n) is 15.0. The van der Waals surface area contributed by atoms with Crippen LogP contribution in [0.15, 0.2) is 30.3 Å². The van der Waals surface area contributed by atoms with Gasteiger partial charge in [0.1, 0.15) is 11.7 Å². The normalized spacial score (nSPS) is 12.1. The van der Waals surface area contributed by atoms with Gasteiger partial charge in [-0.2, -0.15) is 0 Å². The van der Waals surface area contributed by atoms with Crippen molar-refractivity contribution < 1.29 is 14.4 Å². The predicted molar refractivity (Wildman–Crippen MR) is 99.0 cm³/mol. The highest BCUT2D eigenvalue weighted by Gasteiger charge is 2.23. The van der Waals surface area contributed by atoms with Crippen LogP contribution in [0.3, 0.4) is 0 Å². The van der Waals surface area contributed by atoms with Crippen LogP contribution in [0.5, 0.6) is 0 Å². The standard InChI is InChI=1S/C18H25N5O3/c1-11(2)9-14(18(26)23-20-8-7-16(19)24)22-17(25)15-10-12-5-3-4-6-13(12)21-15/h3-6,10-11,14,20-21H,7-9H2,1-2H3,(H2,19,24)(H,22,25)(H,23,26)/t14-/m0/s1. The Morgan fingerprint density at radius 3 is 2.58 bits per heavy atom. The van der Waals surface area contributed by atoms with Gasteiger partial charge in [-0.15, -0.1) is 0 Å². The van der Waals surface area contributed by atoms with Crippen molar-refractivity contribution in [3.8, 4) is 0 Å². The van der Waals surface area contributed by atoms with Gasteiger partial charge in [-0.25, -0.2) is 5.43 Å². The average Bonchev–Trinajstić information content (AvgIpc) is 3.01. The van der Waals surface area contributed by atoms with Crippen LogP contribution in [0.2, 0.25) is 0 Å². The predicted octanol–water partition coefficient (Wildman–Crippen LogP) is 0.809. The van der Waals surface area contributed by atoms with Crippen LogP contribution in [0, 0.1) is 5.92 Å². The summed E-state index contributed by atoms with van der Waals surface area (Å²) in [5.41, 5.74) is 11.5. The first kappa shape index (κ1) is 19.5. The number of rotatable bonds is 9. The smallest absolute Gasteiger partial charge is 0.268 e. The van der Waals surface area contributed by atoms with Gasteiger partial charge in [-0.05, 0) is 24.5 Å². The van der Waals surface area contributed by atoms with E-state index in [1.54, 1.807) is 6.07 Å². The summed E-state index contributed by atoms with van der Waals surface area (Å²) in [6.45, 7) is 4.16. The molecule has 0 aliphatic carbocycles. The van der Waals surface area contributed by atoms with Gasteiger partial charge in [0.05, 0.1) is 0 Å². The van der Waals surface area contributed by atoms with Crippen molar-refractivity contribution in [2.45, 2.75) is 32.7 Å². The number of carbonyl (C=O) groups excluding carboxylic acids is 3. The number of hydrogen-bond donors (Lipinski definition) is 5. The highest BCUT2D eigenvalue weighted by Crippen LogP contribution is 2.15. The van der Waals surface area contributed by atoms with Crippen molar-refractivity contribution in [2.75, 3.05) is 6.54 Å². The molecule has 0 saturated heterocycles. The Hall–Kier alpha value is -2.87. The largest absolute Gasteiger partial charge is 0.370 e. The van der Waals surface area contributed by atoms with Crippen molar-refractivity contribution in [3.05, 3.63) is 36.0 Å². The molecule has 8 nitrogen and oxygen atoms in total. The van der Waals surface area contributed by atoms with E-state index in [2.05, 4.69) is 21.2 Å². The Balaban J connectivity index is 2.00. The Morgan fingerprint density at radius 1 is 1.19 bits per heavy atom. The number of aromatic nitrogens is 1. The SMILES string of the molecule is CC(C)C[C@H](NC(=O)c1cc2ccccc2[nH]1)C(=O)NNCCC(N)=O. The summed E-state index contributed by atoms with van der Waals surface area (Å²) in [5.74, 6) is -0.969. The quantitative estimate of drug-likeness (QED) is 0.335. The highest BCUT2D eigenvalue weighted by atomic mass is 16.2. The lowest BCUT2D eigenvalue weighted by atomic mass is 10.0. The summed E-state index contributed by atoms with van der Waals surface area (Å²) in [6.07, 6.45) is 0.589. The molecule has 0 aliphatic heterocycles. The molecule has 0 aliphatic rings. The third kappa shape index (κ3) is 5.59. The molecule has 0 saturated carbocycles. The van der Waals surface area contributed by atoms with Crippen LogP contribution in [-0.4, -0.2) is 35.3 Å². The van der Waals surface area contributed by atoms with E-state index in [1.807, 2.05) is 38.1 Å². The second-order valence-electron chi connectivity index (χ2n) is 6.56. The molecule has 3 amide bonds. The molecular weight excluding hydrogens is 334 g/mol. The Bertz CT molecular complexity index is 751. The molecule has 1 aromatic heterocycles. The fraction of sp³-hybridized carbons (Fsp3) is 0.389. The summed E-state index contributed by atoms with van der Waals surface area (Å²) in [6, 6.07) is 8.62. The molecule has 0 bridgehead atoms. The fourth-order valence-corrected chi connectivity index (χ4v) is 2.56. The first-order valence-electron chi connectivity index (χ1n) is 8.56. The number of hydrogen-bond acceptors (Lipinski definition) is 4. The molecule has 1 atom stereocenters. The summed E-state index contributed by atoms with van der Waals surface area (Å²) < 4.78 is 0. The second-order valence-corrected chi connectivity index (χ2v) is 6.56. The number of nitrogens with one attached hydrogen (secondary N) is 4. The molecule has 140 valence electrons. The van der Waals surface area contributed by atoms with Gasteiger partial charge in [0.2, 0.25) is 5.91 Å². The molecule has 0 radical (unpaired) electrons. The monoisotopic (exact) mass is 359 g/mol. The van der Waals surface area contributed by atoms with E-state index in [0.717, 1.165) is 10.9 Å². The number of aromatic amines is 1. The van der Waals surface area contributed by atoms with Crippen molar-refractivity contribution in [3.63, 3.8) is 0 Å². The number of primary amides is 1. The zero-order valence-corrected chi connectivity index (χ0v) is 15.0. The first-order valence-corrected chi connectivity index (χ1v) is 8.56. The lowest BCUT2D eigenvalue weighted by Gasteiger charge is -2.20. The van der Waals surface area contributed by atoms with Gasteiger partial charge >= 0.3 is 0 Å². The molecular formula is C18H25N5O3. The van der Waals surface area contributed by atoms with Gasteiger partial charge in [-0.3, -0.25) is 19.8 Å². The van der Waals surface area contributed by atoms with Gasteiger partial charge in [-0.1, -0.05) is 32.0 Å². The molecule has 1 heterocycles. The summed E-state index contributed by atoms with van der Waals surface area (Å²) in [4.78, 5) is 38.6. The van der Waals surface area contributed by atoms with Crippen molar-refractivity contribution in [1.82, 2.24) is 21.2 Å². The third-order valence-electron chi connectivity index (χ3n) is 3.81. The Labute approximate surface area is 151 Å². The Kier molecular flexibility index (Phi) is 6.74. The van der Waals surface area contributed by atoms with Crippen LogP contribution < -0.4 is 21.9 Å². The molecule has 0 spiro atoms. The number of amides is 3. The van der Waals surface area contributed by atoms with Crippen LogP contribution >= 0.6 is 0 Å². The summed E-state index contributed by atoms with van der Waals surface area (Å²) >= 11 is 0. The highest BCUT2D eigenvalue weighted by molar-refractivity contribution is 6.00. The van der Waals surface area contributed by atoms with E-state index in [-0.39, 0.29) is 30.7 Å². The van der Waals surface area contributed by atoms with Crippen LogP contribution in [0.25, 0.3) is 10.9 Å². The minimum atomic E-state index is -0.699. The Morgan fingerprint density at radius 2 is 1.92 bits per heavy atom. The maximum absolute atomic E-state index is 12.5. The van der Waals surface area contributed by atoms with E-state index in [0.29, 0.717) is 12.1 Å². The average molecular weight is 359 g/mol. The number of fused-ring (bicyclic) bond motifs is 1. The first-order chi connectivity index (χ1) is 12.4. The summed E-state index contributed by atoms with van der Waals surface area (Å²) in [5, 5.41) is 3.69. The molecule has 6 N–H and O–H groups in total. The minimum absolute atomic E-state index is 0.108. The van der Waals surface area contributed by atoms with Crippen LogP contribution in [0.4, 0.5) is 0 Å². The molecule has 26 heavy (non-hydrogen) atoms. The molecule has 0 unspecified atom stereocenters. The van der Waals surface area contributed by atoms with E-state index in [9.17, 15) is 14.4 Å². The molecule has 2 aromatic rings. The number of nitrogens with two attached hydrogens (primary N) is 1. The van der Waals surface area contributed by atoms with Gasteiger partial charge < -0.3 is 16.0 Å². The molecule has 2 rings (SSSR count). The third-order valence-corrected chi connectivity index (χ3v) is 3.81. The number of para-hydroxylation sites is 1. The van der Waals surface area contributed by atoms with E-state index >= 15 is 0 Å². The van der Waals surface area contributed by atoms with Crippen LogP contribution in [-0.2, 0) is 9.59 Å². The molecule has 8 heteroatoms. The van der Waals surface area contributed by atoms with Crippen molar-refractivity contribution in [2.24, 2.45) is 11.7 Å². The lowest BCUT2D eigenvalue weighted by Crippen LogP contribution is -2.51. The topological polar surface area (TPSA) is 129 Å². The van der Waals surface area contributed by atoms with Gasteiger partial charge in [0.25, 0.3) is 11.8 Å². The summed E-state index contributed by atoms with van der Waals surface area (Å²) in [7, 11) is 0. The fourth-order valence-electron chi connectivity index (χ4n) is 2.56. The lowest BCUT2D eigenvalue weighted by molar-refractivity contribution is -0.124. The van der Waals surface area contributed by atoms with Gasteiger partial charge in [0.15, 0.2) is 0 Å². The number of carbonyl (C=O) groups is 3. The maximum Gasteiger partial charge on any atom is 0.268 e. The van der Waals surface area contributed by atoms with Crippen molar-refractivity contribution >= 4 is 28.6 Å². The molecule has 1 aromatic carbocycles.